The van der Waals surface area contributed by atoms with Crippen LogP contribution in [0.15, 0.2) is 0 Å². The summed E-state index contributed by atoms with van der Waals surface area (Å²) in [7, 11) is 0. The molecule has 0 radical (unpaired) electrons. The molecule has 0 aromatic rings. The molecular weight excluding hydrogens is 304 g/mol. The van der Waals surface area contributed by atoms with Gasteiger partial charge in [0, 0.05) is 37.8 Å². The molecule has 0 fully saturated rings. The third-order valence-corrected chi connectivity index (χ3v) is 4.05. The Bertz CT molecular complexity index is 417. The minimum Gasteiger partial charge on any atom is -0.356 e. The van der Waals surface area contributed by atoms with Crippen molar-refractivity contribution in [3.63, 3.8) is 0 Å². The van der Waals surface area contributed by atoms with Gasteiger partial charge in [0.05, 0.1) is 6.04 Å². The van der Waals surface area contributed by atoms with Gasteiger partial charge in [-0.1, -0.05) is 41.5 Å². The van der Waals surface area contributed by atoms with Gasteiger partial charge < -0.3 is 10.6 Å². The molecule has 1 amide bonds. The van der Waals surface area contributed by atoms with E-state index < -0.39 is 0 Å². The highest BCUT2D eigenvalue weighted by molar-refractivity contribution is 5.91. The number of Topliss-reactive ketones (excluding diaryl/α,β-unsaturated/α-hetero) is 2. The topological polar surface area (TPSA) is 75.3 Å². The molecule has 140 valence electrons. The van der Waals surface area contributed by atoms with Crippen molar-refractivity contribution in [3.8, 4) is 0 Å². The molecule has 0 bridgehead atoms. The van der Waals surface area contributed by atoms with Gasteiger partial charge in [0.15, 0.2) is 5.78 Å². The Hall–Kier alpha value is -1.23. The Kier molecular flexibility index (Phi) is 10.8. The molecule has 0 heterocycles. The van der Waals surface area contributed by atoms with Crippen LogP contribution in [0.4, 0.5) is 0 Å². The zero-order chi connectivity index (χ0) is 18.9. The van der Waals surface area contributed by atoms with Crippen LogP contribution in [-0.2, 0) is 14.4 Å². The van der Waals surface area contributed by atoms with Crippen LogP contribution in [0.3, 0.4) is 0 Å². The van der Waals surface area contributed by atoms with Crippen molar-refractivity contribution in [2.24, 2.45) is 17.8 Å². The highest BCUT2D eigenvalue weighted by Crippen LogP contribution is 2.20. The largest absolute Gasteiger partial charge is 0.356 e. The van der Waals surface area contributed by atoms with Crippen molar-refractivity contribution in [2.45, 2.75) is 79.8 Å². The zero-order valence-electron chi connectivity index (χ0n) is 16.4. The van der Waals surface area contributed by atoms with Crippen LogP contribution in [0, 0.1) is 17.8 Å². The number of hydrogen-bond donors (Lipinski definition) is 2. The van der Waals surface area contributed by atoms with Gasteiger partial charge in [0.25, 0.3) is 0 Å². The number of ketones is 2. The lowest BCUT2D eigenvalue weighted by atomic mass is 9.84. The van der Waals surface area contributed by atoms with E-state index >= 15 is 0 Å². The van der Waals surface area contributed by atoms with Gasteiger partial charge in [-0.05, 0) is 18.8 Å². The summed E-state index contributed by atoms with van der Waals surface area (Å²) in [5.41, 5.74) is 0. The molecule has 0 aromatic heterocycles. The van der Waals surface area contributed by atoms with Crippen LogP contribution in [0.2, 0.25) is 0 Å². The second-order valence-corrected chi connectivity index (χ2v) is 7.59. The van der Waals surface area contributed by atoms with Gasteiger partial charge in [0.1, 0.15) is 5.78 Å². The SMILES string of the molecule is CC(=O)NCCC[C@@H](CC(=O)[C@H](NC(C)C)C(C)C)C(=O)C(C)C. The maximum atomic E-state index is 12.7. The molecule has 5 nitrogen and oxygen atoms in total. The van der Waals surface area contributed by atoms with Crippen molar-refractivity contribution in [2.75, 3.05) is 6.54 Å². The van der Waals surface area contributed by atoms with Crippen LogP contribution >= 0.6 is 0 Å². The fraction of sp³-hybridized carbons (Fsp3) is 0.842. The third-order valence-electron chi connectivity index (χ3n) is 4.05. The van der Waals surface area contributed by atoms with Crippen molar-refractivity contribution in [1.29, 1.82) is 0 Å². The monoisotopic (exact) mass is 340 g/mol. The number of hydrogen-bond acceptors (Lipinski definition) is 4. The van der Waals surface area contributed by atoms with Gasteiger partial charge in [0.2, 0.25) is 5.91 Å². The Morgan fingerprint density at radius 2 is 1.54 bits per heavy atom. The molecule has 24 heavy (non-hydrogen) atoms. The molecule has 0 aromatic carbocycles. The second-order valence-electron chi connectivity index (χ2n) is 7.59. The average molecular weight is 341 g/mol. The molecule has 2 atom stereocenters. The zero-order valence-corrected chi connectivity index (χ0v) is 16.4. The summed E-state index contributed by atoms with van der Waals surface area (Å²) in [5.74, 6) is 0.0175. The number of rotatable bonds is 12. The lowest BCUT2D eigenvalue weighted by molar-refractivity contribution is -0.131. The first-order valence-corrected chi connectivity index (χ1v) is 9.13. The van der Waals surface area contributed by atoms with E-state index in [1.807, 2.05) is 41.5 Å². The van der Waals surface area contributed by atoms with E-state index in [0.717, 1.165) is 0 Å². The lowest BCUT2D eigenvalue weighted by Gasteiger charge is -2.26. The number of carbonyl (C=O) groups is 3. The Labute approximate surface area is 147 Å². The Balaban J connectivity index is 4.85. The van der Waals surface area contributed by atoms with Crippen LogP contribution in [0.25, 0.3) is 0 Å². The quantitative estimate of drug-likeness (QED) is 0.536. The summed E-state index contributed by atoms with van der Waals surface area (Å²) in [6, 6.07) is 0.00294. The standard InChI is InChI=1S/C19H36N2O3/c1-12(2)18(21-14(5)6)17(23)11-16(19(24)13(3)4)9-8-10-20-15(7)22/h12-14,16,18,21H,8-11H2,1-7H3,(H,20,22)/t16-,18+/m0/s1. The van der Waals surface area contributed by atoms with E-state index in [1.54, 1.807) is 0 Å². The molecule has 0 rings (SSSR count). The summed E-state index contributed by atoms with van der Waals surface area (Å²) in [6.45, 7) is 13.9. The van der Waals surface area contributed by atoms with Crippen LogP contribution in [0.1, 0.15) is 67.7 Å². The maximum Gasteiger partial charge on any atom is 0.216 e. The van der Waals surface area contributed by atoms with Gasteiger partial charge in [-0.2, -0.15) is 0 Å². The van der Waals surface area contributed by atoms with E-state index in [0.29, 0.717) is 19.4 Å². The first kappa shape index (κ1) is 22.8. The van der Waals surface area contributed by atoms with Crippen molar-refractivity contribution in [1.82, 2.24) is 10.6 Å². The van der Waals surface area contributed by atoms with E-state index in [4.69, 9.17) is 0 Å². The molecule has 0 aliphatic heterocycles. The molecule has 0 aliphatic carbocycles. The van der Waals surface area contributed by atoms with Crippen molar-refractivity contribution >= 4 is 17.5 Å². The summed E-state index contributed by atoms with van der Waals surface area (Å²) in [6.07, 6.45) is 1.62. The Morgan fingerprint density at radius 3 is 1.96 bits per heavy atom. The molecular formula is C19H36N2O3. The molecule has 0 aliphatic rings. The minimum atomic E-state index is -0.263. The minimum absolute atomic E-state index is 0.0705. The summed E-state index contributed by atoms with van der Waals surface area (Å²) >= 11 is 0. The lowest BCUT2D eigenvalue weighted by Crippen LogP contribution is -2.45. The molecule has 5 heteroatoms. The molecule has 2 N–H and O–H groups in total. The summed E-state index contributed by atoms with van der Waals surface area (Å²) in [4.78, 5) is 36.1. The van der Waals surface area contributed by atoms with Crippen molar-refractivity contribution in [3.05, 3.63) is 0 Å². The highest BCUT2D eigenvalue weighted by atomic mass is 16.1. The van der Waals surface area contributed by atoms with Gasteiger partial charge in [-0.3, -0.25) is 14.4 Å². The number of carbonyl (C=O) groups excluding carboxylic acids is 3. The third kappa shape index (κ3) is 9.16. The van der Waals surface area contributed by atoms with Crippen LogP contribution < -0.4 is 10.6 Å². The molecule has 0 saturated carbocycles. The molecule has 0 unspecified atom stereocenters. The highest BCUT2D eigenvalue weighted by Gasteiger charge is 2.29. The van der Waals surface area contributed by atoms with E-state index in [9.17, 15) is 14.4 Å². The summed E-state index contributed by atoms with van der Waals surface area (Å²) in [5, 5.41) is 6.06. The first-order valence-electron chi connectivity index (χ1n) is 9.13. The number of amides is 1. The van der Waals surface area contributed by atoms with Gasteiger partial charge >= 0.3 is 0 Å². The predicted molar refractivity (Wildman–Crippen MR) is 97.8 cm³/mol. The second kappa shape index (κ2) is 11.3. The van der Waals surface area contributed by atoms with Crippen LogP contribution in [-0.4, -0.2) is 36.1 Å². The normalized spacial score (nSPS) is 14.1. The maximum absolute atomic E-state index is 12.7. The number of nitrogens with one attached hydrogen (secondary N) is 2. The average Bonchev–Trinajstić information content (AvgIpc) is 2.45. The van der Waals surface area contributed by atoms with Gasteiger partial charge in [-0.15, -0.1) is 0 Å². The fourth-order valence-electron chi connectivity index (χ4n) is 2.82. The first-order chi connectivity index (χ1) is 11.1. The van der Waals surface area contributed by atoms with E-state index in [-0.39, 0.29) is 53.7 Å². The van der Waals surface area contributed by atoms with E-state index in [2.05, 4.69) is 10.6 Å². The Morgan fingerprint density at radius 1 is 0.958 bits per heavy atom. The molecule has 0 spiro atoms. The fourth-order valence-corrected chi connectivity index (χ4v) is 2.82. The van der Waals surface area contributed by atoms with Crippen molar-refractivity contribution < 1.29 is 14.4 Å². The van der Waals surface area contributed by atoms with Crippen LogP contribution in [0.5, 0.6) is 0 Å². The predicted octanol–water partition coefficient (Wildman–Crippen LogP) is 2.73. The molecule has 0 saturated heterocycles. The smallest absolute Gasteiger partial charge is 0.216 e. The van der Waals surface area contributed by atoms with Gasteiger partial charge in [-0.25, -0.2) is 0 Å². The summed E-state index contributed by atoms with van der Waals surface area (Å²) < 4.78 is 0. The van der Waals surface area contributed by atoms with E-state index in [1.165, 1.54) is 6.92 Å².